The Labute approximate surface area is 70.5 Å². The van der Waals surface area contributed by atoms with Crippen molar-refractivity contribution in [3.05, 3.63) is 58.3 Å². The standard InChI is InChI=1S/C9H9NO2/c11-10(12)8-4-7-9-5-2-1-3-6-9/h1-6,8H,7H2. The van der Waals surface area contributed by atoms with Crippen molar-refractivity contribution in [3.8, 4) is 0 Å². The average molecular weight is 163 g/mol. The van der Waals surface area contributed by atoms with Crippen LogP contribution in [-0.2, 0) is 6.42 Å². The van der Waals surface area contributed by atoms with Gasteiger partial charge in [-0.3, -0.25) is 10.1 Å². The molecule has 0 unspecified atom stereocenters. The molecule has 0 N–H and O–H groups in total. The van der Waals surface area contributed by atoms with Crippen molar-refractivity contribution >= 4 is 0 Å². The van der Waals surface area contributed by atoms with Gasteiger partial charge in [0, 0.05) is 0 Å². The predicted octanol–water partition coefficient (Wildman–Crippen LogP) is 2.02. The van der Waals surface area contributed by atoms with E-state index in [1.807, 2.05) is 30.3 Å². The van der Waals surface area contributed by atoms with Crippen molar-refractivity contribution < 1.29 is 4.92 Å². The number of nitro groups is 1. The first-order valence-electron chi connectivity index (χ1n) is 3.63. The molecular formula is C9H9NO2. The van der Waals surface area contributed by atoms with E-state index >= 15 is 0 Å². The SMILES string of the molecule is O=[N+]([O-])C=CCc1ccccc1. The van der Waals surface area contributed by atoms with Crippen LogP contribution < -0.4 is 0 Å². The van der Waals surface area contributed by atoms with Gasteiger partial charge in [0.1, 0.15) is 0 Å². The van der Waals surface area contributed by atoms with Crippen molar-refractivity contribution in [2.45, 2.75) is 6.42 Å². The largest absolute Gasteiger partial charge is 0.259 e. The van der Waals surface area contributed by atoms with Crippen LogP contribution in [0.4, 0.5) is 0 Å². The highest BCUT2D eigenvalue weighted by molar-refractivity contribution is 5.16. The summed E-state index contributed by atoms with van der Waals surface area (Å²) in [6, 6.07) is 9.61. The number of rotatable bonds is 3. The summed E-state index contributed by atoms with van der Waals surface area (Å²) in [5, 5.41) is 9.91. The first-order valence-corrected chi connectivity index (χ1v) is 3.63. The molecule has 0 saturated carbocycles. The lowest BCUT2D eigenvalue weighted by Crippen LogP contribution is -1.84. The zero-order valence-electron chi connectivity index (χ0n) is 6.51. The van der Waals surface area contributed by atoms with Crippen LogP contribution in [0.15, 0.2) is 42.6 Å². The monoisotopic (exact) mass is 163 g/mol. The van der Waals surface area contributed by atoms with Crippen LogP contribution in [0, 0.1) is 10.1 Å². The van der Waals surface area contributed by atoms with Crippen molar-refractivity contribution in [1.29, 1.82) is 0 Å². The number of benzene rings is 1. The Morgan fingerprint density at radius 2 is 2.00 bits per heavy atom. The quantitative estimate of drug-likeness (QED) is 0.505. The van der Waals surface area contributed by atoms with E-state index in [-0.39, 0.29) is 0 Å². The van der Waals surface area contributed by atoms with Crippen molar-refractivity contribution in [3.63, 3.8) is 0 Å². The van der Waals surface area contributed by atoms with E-state index in [2.05, 4.69) is 0 Å². The summed E-state index contributed by atoms with van der Waals surface area (Å²) in [7, 11) is 0. The molecule has 1 aromatic carbocycles. The Balaban J connectivity index is 2.49. The number of nitrogens with zero attached hydrogens (tertiary/aromatic N) is 1. The van der Waals surface area contributed by atoms with Gasteiger partial charge in [0.25, 0.3) is 0 Å². The minimum atomic E-state index is -0.455. The van der Waals surface area contributed by atoms with Crippen molar-refractivity contribution in [2.24, 2.45) is 0 Å². The second-order valence-corrected chi connectivity index (χ2v) is 2.36. The molecule has 0 aromatic heterocycles. The van der Waals surface area contributed by atoms with Crippen molar-refractivity contribution in [2.75, 3.05) is 0 Å². The van der Waals surface area contributed by atoms with E-state index in [0.29, 0.717) is 6.42 Å². The molecule has 0 heterocycles. The van der Waals surface area contributed by atoms with Gasteiger partial charge in [0.2, 0.25) is 6.20 Å². The van der Waals surface area contributed by atoms with E-state index in [1.54, 1.807) is 0 Å². The third kappa shape index (κ3) is 2.96. The molecule has 0 aliphatic rings. The third-order valence-electron chi connectivity index (χ3n) is 1.42. The molecule has 0 spiro atoms. The molecule has 0 radical (unpaired) electrons. The van der Waals surface area contributed by atoms with Gasteiger partial charge in [-0.25, -0.2) is 0 Å². The number of hydrogen-bond donors (Lipinski definition) is 0. The minimum Gasteiger partial charge on any atom is -0.259 e. The Hall–Kier alpha value is -1.64. The van der Waals surface area contributed by atoms with Crippen LogP contribution in [-0.4, -0.2) is 4.92 Å². The summed E-state index contributed by atoms with van der Waals surface area (Å²) in [5.74, 6) is 0. The van der Waals surface area contributed by atoms with E-state index in [9.17, 15) is 10.1 Å². The highest BCUT2D eigenvalue weighted by atomic mass is 16.6. The topological polar surface area (TPSA) is 43.1 Å². The van der Waals surface area contributed by atoms with Gasteiger partial charge >= 0.3 is 0 Å². The molecule has 0 bridgehead atoms. The fourth-order valence-corrected chi connectivity index (χ4v) is 0.889. The Morgan fingerprint density at radius 3 is 2.58 bits per heavy atom. The predicted molar refractivity (Wildman–Crippen MR) is 46.3 cm³/mol. The zero-order chi connectivity index (χ0) is 8.81. The summed E-state index contributed by atoms with van der Waals surface area (Å²) < 4.78 is 0. The summed E-state index contributed by atoms with van der Waals surface area (Å²) in [6.07, 6.45) is 3.12. The maximum atomic E-state index is 9.91. The van der Waals surface area contributed by atoms with Gasteiger partial charge in [-0.05, 0) is 18.1 Å². The molecule has 1 aromatic rings. The molecule has 12 heavy (non-hydrogen) atoms. The Kier molecular flexibility index (Phi) is 3.02. The van der Waals surface area contributed by atoms with Gasteiger partial charge in [-0.2, -0.15) is 0 Å². The fraction of sp³-hybridized carbons (Fsp3) is 0.111. The molecular weight excluding hydrogens is 154 g/mol. The second kappa shape index (κ2) is 4.28. The normalized spacial score (nSPS) is 10.3. The maximum absolute atomic E-state index is 9.91. The summed E-state index contributed by atoms with van der Waals surface area (Å²) in [6.45, 7) is 0. The van der Waals surface area contributed by atoms with Crippen LogP contribution in [0.5, 0.6) is 0 Å². The van der Waals surface area contributed by atoms with E-state index in [1.165, 1.54) is 6.08 Å². The van der Waals surface area contributed by atoms with Gasteiger partial charge in [-0.1, -0.05) is 30.3 Å². The first-order chi connectivity index (χ1) is 5.79. The van der Waals surface area contributed by atoms with Gasteiger partial charge in [-0.15, -0.1) is 0 Å². The minimum absolute atomic E-state index is 0.455. The molecule has 0 aliphatic heterocycles. The van der Waals surface area contributed by atoms with E-state index < -0.39 is 4.92 Å². The molecule has 0 atom stereocenters. The first kappa shape index (κ1) is 8.46. The second-order valence-electron chi connectivity index (χ2n) is 2.36. The van der Waals surface area contributed by atoms with E-state index in [4.69, 9.17) is 0 Å². The highest BCUT2D eigenvalue weighted by Gasteiger charge is 1.88. The van der Waals surface area contributed by atoms with Gasteiger partial charge in [0.05, 0.1) is 4.92 Å². The van der Waals surface area contributed by atoms with Crippen LogP contribution in [0.25, 0.3) is 0 Å². The smallest absolute Gasteiger partial charge is 0.230 e. The van der Waals surface area contributed by atoms with Crippen LogP contribution in [0.3, 0.4) is 0 Å². The summed E-state index contributed by atoms with van der Waals surface area (Å²) >= 11 is 0. The summed E-state index contributed by atoms with van der Waals surface area (Å²) in [5.41, 5.74) is 1.08. The molecule has 0 saturated heterocycles. The lowest BCUT2D eigenvalue weighted by Gasteiger charge is -1.91. The third-order valence-corrected chi connectivity index (χ3v) is 1.42. The molecule has 0 fully saturated rings. The van der Waals surface area contributed by atoms with Crippen LogP contribution in [0.1, 0.15) is 5.56 Å². The molecule has 62 valence electrons. The molecule has 3 nitrogen and oxygen atoms in total. The lowest BCUT2D eigenvalue weighted by molar-refractivity contribution is -0.402. The van der Waals surface area contributed by atoms with E-state index in [0.717, 1.165) is 11.8 Å². The van der Waals surface area contributed by atoms with Crippen molar-refractivity contribution in [1.82, 2.24) is 0 Å². The molecule has 0 amide bonds. The lowest BCUT2D eigenvalue weighted by atomic mass is 10.1. The van der Waals surface area contributed by atoms with Crippen LogP contribution >= 0.6 is 0 Å². The molecule has 1 rings (SSSR count). The number of hydrogen-bond acceptors (Lipinski definition) is 2. The zero-order valence-corrected chi connectivity index (χ0v) is 6.51. The Bertz CT molecular complexity index is 280. The molecule has 3 heteroatoms. The number of allylic oxidation sites excluding steroid dienone is 1. The maximum Gasteiger partial charge on any atom is 0.230 e. The Morgan fingerprint density at radius 1 is 1.33 bits per heavy atom. The average Bonchev–Trinajstić information content (AvgIpc) is 2.05. The van der Waals surface area contributed by atoms with Gasteiger partial charge in [0.15, 0.2) is 0 Å². The summed E-state index contributed by atoms with van der Waals surface area (Å²) in [4.78, 5) is 9.45. The molecule has 0 aliphatic carbocycles. The fourth-order valence-electron chi connectivity index (χ4n) is 0.889. The van der Waals surface area contributed by atoms with Crippen LogP contribution in [0.2, 0.25) is 0 Å². The highest BCUT2D eigenvalue weighted by Crippen LogP contribution is 1.99. The van der Waals surface area contributed by atoms with Gasteiger partial charge < -0.3 is 0 Å².